The number of nitrogens with zero attached hydrogens (tertiary/aromatic N) is 4. The zero-order chi connectivity index (χ0) is 14.8. The highest BCUT2D eigenvalue weighted by atomic mass is 32.2. The van der Waals surface area contributed by atoms with Gasteiger partial charge in [-0.25, -0.2) is 0 Å². The minimum absolute atomic E-state index is 0.231. The van der Waals surface area contributed by atoms with E-state index < -0.39 is 0 Å². The molecule has 0 unspecified atom stereocenters. The van der Waals surface area contributed by atoms with Gasteiger partial charge in [0.1, 0.15) is 0 Å². The SMILES string of the molecule is CNC(=S)N/N=C/CCSc1nc(OC)nc(OC)n1. The van der Waals surface area contributed by atoms with E-state index in [9.17, 15) is 0 Å². The lowest BCUT2D eigenvalue weighted by molar-refractivity contribution is 0.332. The number of ether oxygens (including phenoxy) is 2. The molecular weight excluding hydrogens is 300 g/mol. The van der Waals surface area contributed by atoms with E-state index in [-0.39, 0.29) is 12.0 Å². The van der Waals surface area contributed by atoms with Crippen LogP contribution in [-0.4, -0.2) is 53.3 Å². The van der Waals surface area contributed by atoms with Gasteiger partial charge in [-0.3, -0.25) is 5.43 Å². The second kappa shape index (κ2) is 9.26. The molecule has 110 valence electrons. The Labute approximate surface area is 126 Å². The van der Waals surface area contributed by atoms with Crippen molar-refractivity contribution in [2.24, 2.45) is 5.10 Å². The van der Waals surface area contributed by atoms with E-state index in [0.29, 0.717) is 10.3 Å². The molecule has 0 spiro atoms. The van der Waals surface area contributed by atoms with E-state index in [2.05, 4.69) is 30.8 Å². The fraction of sp³-hybridized carbons (Fsp3) is 0.500. The quantitative estimate of drug-likeness (QED) is 0.244. The number of hydrazone groups is 1. The van der Waals surface area contributed by atoms with Gasteiger partial charge < -0.3 is 14.8 Å². The van der Waals surface area contributed by atoms with Crippen LogP contribution in [-0.2, 0) is 0 Å². The van der Waals surface area contributed by atoms with E-state index in [1.807, 2.05) is 0 Å². The monoisotopic (exact) mass is 316 g/mol. The number of hydrogen-bond donors (Lipinski definition) is 2. The van der Waals surface area contributed by atoms with E-state index >= 15 is 0 Å². The molecule has 0 aliphatic rings. The molecule has 0 aliphatic heterocycles. The highest BCUT2D eigenvalue weighted by molar-refractivity contribution is 7.99. The molecule has 20 heavy (non-hydrogen) atoms. The molecule has 10 heteroatoms. The minimum Gasteiger partial charge on any atom is -0.467 e. The first kappa shape index (κ1) is 16.4. The van der Waals surface area contributed by atoms with Gasteiger partial charge in [0.05, 0.1) is 14.2 Å². The number of nitrogens with one attached hydrogen (secondary N) is 2. The number of aromatic nitrogens is 3. The van der Waals surface area contributed by atoms with Gasteiger partial charge in [0.2, 0.25) is 0 Å². The van der Waals surface area contributed by atoms with E-state index in [0.717, 1.165) is 12.2 Å². The summed E-state index contributed by atoms with van der Waals surface area (Å²) in [6.45, 7) is 0. The largest absolute Gasteiger partial charge is 0.467 e. The molecule has 0 bridgehead atoms. The summed E-state index contributed by atoms with van der Waals surface area (Å²) in [5.74, 6) is 0.758. The molecule has 0 fully saturated rings. The lowest BCUT2D eigenvalue weighted by Crippen LogP contribution is -2.28. The van der Waals surface area contributed by atoms with E-state index in [1.54, 1.807) is 13.3 Å². The molecule has 8 nitrogen and oxygen atoms in total. The van der Waals surface area contributed by atoms with Crippen molar-refractivity contribution in [3.05, 3.63) is 0 Å². The zero-order valence-electron chi connectivity index (χ0n) is 11.4. The number of thioether (sulfide) groups is 1. The van der Waals surface area contributed by atoms with Gasteiger partial charge in [-0.15, -0.1) is 4.98 Å². The molecule has 0 aliphatic carbocycles. The lowest BCUT2D eigenvalue weighted by Gasteiger charge is -2.03. The maximum absolute atomic E-state index is 4.97. The Hall–Kier alpha value is -1.68. The fourth-order valence-corrected chi connectivity index (χ4v) is 1.74. The van der Waals surface area contributed by atoms with Crippen LogP contribution in [0.5, 0.6) is 12.0 Å². The van der Waals surface area contributed by atoms with Gasteiger partial charge >= 0.3 is 12.0 Å². The number of methoxy groups -OCH3 is 2. The Morgan fingerprint density at radius 2 is 1.95 bits per heavy atom. The van der Waals surface area contributed by atoms with Gasteiger partial charge in [-0.2, -0.15) is 15.1 Å². The average Bonchev–Trinajstić information content (AvgIpc) is 2.49. The van der Waals surface area contributed by atoms with Crippen LogP contribution >= 0.6 is 24.0 Å². The van der Waals surface area contributed by atoms with Crippen molar-refractivity contribution in [2.75, 3.05) is 27.0 Å². The standard InChI is InChI=1S/C10H16N6O2S2/c1-11-9(19)16-12-5-4-6-20-10-14-7(17-2)13-8(15-10)18-3/h5H,4,6H2,1-3H3,(H2,11,16,19)/b12-5+. The first-order valence-corrected chi connectivity index (χ1v) is 7.05. The van der Waals surface area contributed by atoms with Gasteiger partial charge in [-0.05, 0) is 18.6 Å². The molecule has 1 rings (SSSR count). The molecule has 0 saturated heterocycles. The first-order valence-electron chi connectivity index (χ1n) is 5.65. The lowest BCUT2D eigenvalue weighted by atomic mass is 10.5. The predicted molar refractivity (Wildman–Crippen MR) is 81.6 cm³/mol. The summed E-state index contributed by atoms with van der Waals surface area (Å²) in [5, 5.41) is 7.72. The second-order valence-electron chi connectivity index (χ2n) is 3.23. The maximum Gasteiger partial charge on any atom is 0.323 e. The van der Waals surface area contributed by atoms with Crippen LogP contribution in [0.3, 0.4) is 0 Å². The van der Waals surface area contributed by atoms with E-state index in [1.165, 1.54) is 26.0 Å². The van der Waals surface area contributed by atoms with Crippen LogP contribution in [0.4, 0.5) is 0 Å². The molecule has 1 aromatic heterocycles. The highest BCUT2D eigenvalue weighted by Crippen LogP contribution is 2.18. The molecule has 1 aromatic rings. The van der Waals surface area contributed by atoms with Crippen molar-refractivity contribution in [1.29, 1.82) is 0 Å². The molecule has 2 N–H and O–H groups in total. The van der Waals surface area contributed by atoms with Gasteiger partial charge in [0.15, 0.2) is 10.3 Å². The third-order valence-corrected chi connectivity index (χ3v) is 3.08. The third kappa shape index (κ3) is 5.97. The Bertz CT molecular complexity index is 449. The Balaban J connectivity index is 2.40. The molecule has 0 radical (unpaired) electrons. The molecule has 1 heterocycles. The first-order chi connectivity index (χ1) is 9.69. The summed E-state index contributed by atoms with van der Waals surface area (Å²) in [6, 6.07) is 0.461. The van der Waals surface area contributed by atoms with Crippen LogP contribution in [0.2, 0.25) is 0 Å². The molecule has 0 atom stereocenters. The Morgan fingerprint density at radius 3 is 2.50 bits per heavy atom. The van der Waals surface area contributed by atoms with Crippen molar-refractivity contribution >= 4 is 35.3 Å². The number of hydrogen-bond acceptors (Lipinski definition) is 8. The van der Waals surface area contributed by atoms with Crippen molar-refractivity contribution in [1.82, 2.24) is 25.7 Å². The summed E-state index contributed by atoms with van der Waals surface area (Å²) in [5.41, 5.74) is 2.67. The topological polar surface area (TPSA) is 93.6 Å². The molecular formula is C10H16N6O2S2. The van der Waals surface area contributed by atoms with Crippen LogP contribution in [0.15, 0.2) is 10.3 Å². The summed E-state index contributed by atoms with van der Waals surface area (Å²) in [7, 11) is 4.71. The van der Waals surface area contributed by atoms with Crippen LogP contribution in [0, 0.1) is 0 Å². The van der Waals surface area contributed by atoms with Gasteiger partial charge in [-0.1, -0.05) is 11.8 Å². The normalized spacial score (nSPS) is 10.3. The van der Waals surface area contributed by atoms with Crippen LogP contribution < -0.4 is 20.2 Å². The fourth-order valence-electron chi connectivity index (χ4n) is 0.995. The molecule has 0 aromatic carbocycles. The number of rotatable bonds is 7. The van der Waals surface area contributed by atoms with Crippen molar-refractivity contribution in [3.8, 4) is 12.0 Å². The predicted octanol–water partition coefficient (Wildman–Crippen LogP) is 0.451. The van der Waals surface area contributed by atoms with Crippen LogP contribution in [0.25, 0.3) is 0 Å². The Kier molecular flexibility index (Phi) is 7.58. The summed E-state index contributed by atoms with van der Waals surface area (Å²) in [4.78, 5) is 12.1. The summed E-state index contributed by atoms with van der Waals surface area (Å²) < 4.78 is 9.94. The number of thiocarbonyl (C=S) groups is 1. The van der Waals surface area contributed by atoms with Crippen molar-refractivity contribution in [2.45, 2.75) is 11.6 Å². The third-order valence-electron chi connectivity index (χ3n) is 1.90. The smallest absolute Gasteiger partial charge is 0.323 e. The minimum atomic E-state index is 0.231. The maximum atomic E-state index is 4.97. The van der Waals surface area contributed by atoms with E-state index in [4.69, 9.17) is 21.7 Å². The molecule has 0 amide bonds. The molecule has 0 saturated carbocycles. The van der Waals surface area contributed by atoms with Crippen molar-refractivity contribution in [3.63, 3.8) is 0 Å². The summed E-state index contributed by atoms with van der Waals surface area (Å²) in [6.07, 6.45) is 2.46. The highest BCUT2D eigenvalue weighted by Gasteiger charge is 2.06. The zero-order valence-corrected chi connectivity index (χ0v) is 13.0. The average molecular weight is 316 g/mol. The second-order valence-corrected chi connectivity index (χ2v) is 4.70. The Morgan fingerprint density at radius 1 is 1.30 bits per heavy atom. The van der Waals surface area contributed by atoms with Gasteiger partial charge in [0, 0.05) is 19.0 Å². The van der Waals surface area contributed by atoms with Gasteiger partial charge in [0.25, 0.3) is 0 Å². The van der Waals surface area contributed by atoms with Crippen LogP contribution in [0.1, 0.15) is 6.42 Å². The summed E-state index contributed by atoms with van der Waals surface area (Å²) >= 11 is 6.32. The van der Waals surface area contributed by atoms with Crippen molar-refractivity contribution < 1.29 is 9.47 Å².